The predicted molar refractivity (Wildman–Crippen MR) is 93.1 cm³/mol. The summed E-state index contributed by atoms with van der Waals surface area (Å²) in [4.78, 5) is 17.6. The molecule has 1 aliphatic heterocycles. The molecule has 0 saturated carbocycles. The Bertz CT molecular complexity index is 928. The first-order valence-corrected chi connectivity index (χ1v) is 8.47. The Labute approximate surface area is 145 Å². The first-order valence-electron chi connectivity index (χ1n) is 8.47. The van der Waals surface area contributed by atoms with E-state index in [-0.39, 0.29) is 18.5 Å². The van der Waals surface area contributed by atoms with Crippen LogP contribution in [0.15, 0.2) is 36.7 Å². The lowest BCUT2D eigenvalue weighted by atomic mass is 10.00. The molecule has 3 aromatic rings. The van der Waals surface area contributed by atoms with Crippen LogP contribution in [0, 0.1) is 0 Å². The second kappa shape index (κ2) is 5.70. The van der Waals surface area contributed by atoms with Crippen molar-refractivity contribution in [1.29, 1.82) is 0 Å². The third kappa shape index (κ3) is 2.70. The molecule has 7 nitrogen and oxygen atoms in total. The second-order valence-corrected chi connectivity index (χ2v) is 6.97. The molecule has 0 spiro atoms. The molecule has 2 aromatic heterocycles. The van der Waals surface area contributed by atoms with Gasteiger partial charge in [0.1, 0.15) is 11.3 Å². The minimum atomic E-state index is -1.14. The van der Waals surface area contributed by atoms with E-state index in [1.54, 1.807) is 15.8 Å². The van der Waals surface area contributed by atoms with Crippen LogP contribution < -0.4 is 0 Å². The summed E-state index contributed by atoms with van der Waals surface area (Å²) in [6.45, 7) is 4.73. The van der Waals surface area contributed by atoms with Gasteiger partial charge < -0.3 is 15.0 Å². The minimum Gasteiger partial charge on any atom is -0.381 e. The zero-order chi connectivity index (χ0) is 17.6. The fourth-order valence-electron chi connectivity index (χ4n) is 3.29. The van der Waals surface area contributed by atoms with Gasteiger partial charge in [0, 0.05) is 41.7 Å². The molecule has 1 atom stereocenters. The fourth-order valence-corrected chi connectivity index (χ4v) is 3.29. The van der Waals surface area contributed by atoms with Gasteiger partial charge in [0.25, 0.3) is 5.91 Å². The van der Waals surface area contributed by atoms with Crippen LogP contribution in [0.5, 0.6) is 0 Å². The number of likely N-dealkylation sites (tertiary alicyclic amines) is 1. The summed E-state index contributed by atoms with van der Waals surface area (Å²) in [5.41, 5.74) is 1.01. The molecule has 0 aliphatic carbocycles. The van der Waals surface area contributed by atoms with E-state index in [2.05, 4.69) is 15.3 Å². The number of nitrogens with zero attached hydrogens (tertiary/aromatic N) is 4. The maximum absolute atomic E-state index is 12.8. The zero-order valence-corrected chi connectivity index (χ0v) is 14.3. The topological polar surface area (TPSA) is 87.0 Å². The molecule has 3 heterocycles. The van der Waals surface area contributed by atoms with E-state index in [4.69, 9.17) is 0 Å². The van der Waals surface area contributed by atoms with Gasteiger partial charge in [0.05, 0.1) is 12.7 Å². The summed E-state index contributed by atoms with van der Waals surface area (Å²) in [7, 11) is 0. The van der Waals surface area contributed by atoms with Crippen LogP contribution in [-0.4, -0.2) is 49.0 Å². The van der Waals surface area contributed by atoms with Crippen molar-refractivity contribution in [1.82, 2.24) is 24.9 Å². The number of aromatic nitrogens is 4. The number of hydrogen-bond acceptors (Lipinski definition) is 4. The molecule has 4 rings (SSSR count). The molecule has 1 amide bonds. The molecule has 130 valence electrons. The third-order valence-corrected chi connectivity index (χ3v) is 4.85. The predicted octanol–water partition coefficient (Wildman–Crippen LogP) is 2.07. The van der Waals surface area contributed by atoms with E-state index in [1.165, 1.54) is 0 Å². The average molecular weight is 339 g/mol. The van der Waals surface area contributed by atoms with Crippen LogP contribution in [0.4, 0.5) is 0 Å². The molecule has 0 bridgehead atoms. The zero-order valence-electron chi connectivity index (χ0n) is 14.3. The fraction of sp³-hybridized carbons (Fsp3) is 0.389. The van der Waals surface area contributed by atoms with E-state index >= 15 is 0 Å². The Balaban J connectivity index is 1.55. The molecular weight excluding hydrogens is 318 g/mol. The molecule has 25 heavy (non-hydrogen) atoms. The van der Waals surface area contributed by atoms with Crippen molar-refractivity contribution in [2.24, 2.45) is 0 Å². The number of carbonyl (C=O) groups excluding carboxylic acids is 1. The number of H-pyrrole nitrogens is 1. The first kappa shape index (κ1) is 15.8. The van der Waals surface area contributed by atoms with Crippen molar-refractivity contribution in [2.75, 3.05) is 13.1 Å². The Hall–Kier alpha value is -2.67. The maximum Gasteiger partial charge on any atom is 0.253 e. The van der Waals surface area contributed by atoms with Crippen molar-refractivity contribution in [3.63, 3.8) is 0 Å². The van der Waals surface area contributed by atoms with Crippen LogP contribution in [0.3, 0.4) is 0 Å². The number of aromatic amines is 1. The van der Waals surface area contributed by atoms with Gasteiger partial charge in [-0.15, -0.1) is 5.10 Å². The van der Waals surface area contributed by atoms with Crippen LogP contribution in [0.1, 0.15) is 42.4 Å². The first-order chi connectivity index (χ1) is 12.0. The summed E-state index contributed by atoms with van der Waals surface area (Å²) in [5.74, 6) is -0.0738. The lowest BCUT2D eigenvalue weighted by molar-refractivity contribution is 0.0381. The minimum absolute atomic E-state index is 0.0738. The van der Waals surface area contributed by atoms with Crippen molar-refractivity contribution in [3.8, 4) is 0 Å². The smallest absolute Gasteiger partial charge is 0.253 e. The van der Waals surface area contributed by atoms with Crippen molar-refractivity contribution in [2.45, 2.75) is 31.9 Å². The highest BCUT2D eigenvalue weighted by atomic mass is 16.3. The SMILES string of the molecule is CC(C)n1cc([C@@]2(O)CCN(C(=O)c3ccc4[nH]ccc4c3)C2)nn1. The summed E-state index contributed by atoms with van der Waals surface area (Å²) in [6.07, 6.45) is 4.08. The van der Waals surface area contributed by atoms with Gasteiger partial charge in [-0.2, -0.15) is 0 Å². The Morgan fingerprint density at radius 2 is 2.20 bits per heavy atom. The van der Waals surface area contributed by atoms with Gasteiger partial charge in [0.15, 0.2) is 0 Å². The van der Waals surface area contributed by atoms with E-state index in [9.17, 15) is 9.90 Å². The number of hydrogen-bond donors (Lipinski definition) is 2. The van der Waals surface area contributed by atoms with Gasteiger partial charge in [-0.05, 0) is 38.1 Å². The molecular formula is C18H21N5O2. The molecule has 1 aliphatic rings. The Kier molecular flexibility index (Phi) is 3.61. The lowest BCUT2D eigenvalue weighted by Gasteiger charge is -2.21. The highest BCUT2D eigenvalue weighted by Crippen LogP contribution is 2.32. The summed E-state index contributed by atoms with van der Waals surface area (Å²) < 4.78 is 1.72. The van der Waals surface area contributed by atoms with E-state index < -0.39 is 5.60 Å². The number of aliphatic hydroxyl groups is 1. The van der Waals surface area contributed by atoms with Crippen LogP contribution in [0.2, 0.25) is 0 Å². The number of rotatable bonds is 3. The van der Waals surface area contributed by atoms with Crippen LogP contribution >= 0.6 is 0 Å². The number of carbonyl (C=O) groups is 1. The van der Waals surface area contributed by atoms with E-state index in [0.717, 1.165) is 10.9 Å². The van der Waals surface area contributed by atoms with Crippen molar-refractivity contribution in [3.05, 3.63) is 47.9 Å². The summed E-state index contributed by atoms with van der Waals surface area (Å²) in [6, 6.07) is 7.71. The molecule has 7 heteroatoms. The average Bonchev–Trinajstić information content (AvgIpc) is 3.32. The highest BCUT2D eigenvalue weighted by molar-refractivity contribution is 5.98. The van der Waals surface area contributed by atoms with E-state index in [1.807, 2.05) is 44.3 Å². The number of amides is 1. The monoisotopic (exact) mass is 339 g/mol. The van der Waals surface area contributed by atoms with Crippen molar-refractivity contribution < 1.29 is 9.90 Å². The van der Waals surface area contributed by atoms with Gasteiger partial charge in [-0.3, -0.25) is 4.79 Å². The molecule has 0 radical (unpaired) electrons. The second-order valence-electron chi connectivity index (χ2n) is 6.97. The van der Waals surface area contributed by atoms with Gasteiger partial charge >= 0.3 is 0 Å². The number of nitrogens with one attached hydrogen (secondary N) is 1. The number of fused-ring (bicyclic) bond motifs is 1. The standard InChI is InChI=1S/C18H21N5O2/c1-12(2)23-10-16(20-21-23)18(25)6-8-22(11-18)17(24)14-3-4-15-13(9-14)5-7-19-15/h3-5,7,9-10,12,19,25H,6,8,11H2,1-2H3/t18-/m1/s1. The highest BCUT2D eigenvalue weighted by Gasteiger charge is 2.42. The summed E-state index contributed by atoms with van der Waals surface area (Å²) >= 11 is 0. The molecule has 1 aromatic carbocycles. The maximum atomic E-state index is 12.8. The van der Waals surface area contributed by atoms with E-state index in [0.29, 0.717) is 24.2 Å². The summed E-state index contributed by atoms with van der Waals surface area (Å²) in [5, 5.41) is 20.1. The number of β-amino-alcohol motifs (C(OH)–C–C–N with tert-alkyl or cyclic N) is 1. The van der Waals surface area contributed by atoms with Crippen LogP contribution in [0.25, 0.3) is 10.9 Å². The molecule has 1 fully saturated rings. The van der Waals surface area contributed by atoms with Gasteiger partial charge in [-0.25, -0.2) is 4.68 Å². The van der Waals surface area contributed by atoms with Gasteiger partial charge in [-0.1, -0.05) is 5.21 Å². The number of benzene rings is 1. The Morgan fingerprint density at radius 3 is 2.96 bits per heavy atom. The quantitative estimate of drug-likeness (QED) is 0.765. The molecule has 2 N–H and O–H groups in total. The lowest BCUT2D eigenvalue weighted by Crippen LogP contribution is -2.34. The van der Waals surface area contributed by atoms with Crippen LogP contribution in [-0.2, 0) is 5.60 Å². The normalized spacial score (nSPS) is 20.7. The third-order valence-electron chi connectivity index (χ3n) is 4.85. The molecule has 1 saturated heterocycles. The largest absolute Gasteiger partial charge is 0.381 e. The van der Waals surface area contributed by atoms with Crippen molar-refractivity contribution >= 4 is 16.8 Å². The van der Waals surface area contributed by atoms with Gasteiger partial charge in [0.2, 0.25) is 0 Å². The molecule has 0 unspecified atom stereocenters. The Morgan fingerprint density at radius 1 is 1.36 bits per heavy atom.